The van der Waals surface area contributed by atoms with Crippen molar-refractivity contribution in [3.8, 4) is 0 Å². The molecule has 0 saturated carbocycles. The van der Waals surface area contributed by atoms with Gasteiger partial charge in [0.15, 0.2) is 0 Å². The molecule has 1 saturated heterocycles. The lowest BCUT2D eigenvalue weighted by Gasteiger charge is -2.26. The van der Waals surface area contributed by atoms with Gasteiger partial charge in [-0.25, -0.2) is 0 Å². The highest BCUT2D eigenvalue weighted by Crippen LogP contribution is 2.15. The molecule has 0 radical (unpaired) electrons. The summed E-state index contributed by atoms with van der Waals surface area (Å²) in [5.74, 6) is 0. The first-order valence-corrected chi connectivity index (χ1v) is 5.96. The molecular formula is C11H24N2O2. The maximum absolute atomic E-state index is 9.35. The van der Waals surface area contributed by atoms with Crippen molar-refractivity contribution in [1.29, 1.82) is 0 Å². The van der Waals surface area contributed by atoms with Crippen LogP contribution in [0.2, 0.25) is 0 Å². The zero-order valence-electron chi connectivity index (χ0n) is 9.89. The smallest absolute Gasteiger partial charge is 0.0897 e. The number of likely N-dealkylation sites (tertiary alicyclic amines) is 1. The minimum Gasteiger partial charge on any atom is -0.394 e. The van der Waals surface area contributed by atoms with Crippen molar-refractivity contribution in [2.45, 2.75) is 32.4 Å². The molecule has 0 amide bonds. The number of aliphatic hydroxyl groups is 2. The standard InChI is InChI=1S/C11H24N2O2/c1-3-13(4-2)10-5-6-12(7-10)8-11(15)9-14/h10-11,14-15H,3-9H2,1-2H3. The Morgan fingerprint density at radius 3 is 2.60 bits per heavy atom. The largest absolute Gasteiger partial charge is 0.394 e. The van der Waals surface area contributed by atoms with Crippen molar-refractivity contribution in [3.63, 3.8) is 0 Å². The first kappa shape index (κ1) is 12.9. The summed E-state index contributed by atoms with van der Waals surface area (Å²) in [5.41, 5.74) is 0. The summed E-state index contributed by atoms with van der Waals surface area (Å²) in [7, 11) is 0. The number of hydrogen-bond acceptors (Lipinski definition) is 4. The van der Waals surface area contributed by atoms with E-state index in [0.29, 0.717) is 12.6 Å². The van der Waals surface area contributed by atoms with Gasteiger partial charge in [0.05, 0.1) is 12.7 Å². The molecule has 0 aromatic rings. The molecule has 90 valence electrons. The second kappa shape index (κ2) is 6.43. The Morgan fingerprint density at radius 2 is 2.07 bits per heavy atom. The molecule has 0 bridgehead atoms. The zero-order valence-corrected chi connectivity index (χ0v) is 9.89. The van der Waals surface area contributed by atoms with Gasteiger partial charge in [0, 0.05) is 19.1 Å². The fraction of sp³-hybridized carbons (Fsp3) is 1.00. The van der Waals surface area contributed by atoms with E-state index in [1.54, 1.807) is 0 Å². The maximum Gasteiger partial charge on any atom is 0.0897 e. The van der Waals surface area contributed by atoms with Crippen molar-refractivity contribution in [3.05, 3.63) is 0 Å². The molecule has 1 heterocycles. The number of rotatable bonds is 6. The predicted octanol–water partition coefficient (Wildman–Crippen LogP) is -0.244. The molecule has 2 N–H and O–H groups in total. The second-order valence-corrected chi connectivity index (χ2v) is 4.26. The van der Waals surface area contributed by atoms with E-state index in [2.05, 4.69) is 23.6 Å². The van der Waals surface area contributed by atoms with Crippen molar-refractivity contribution in [1.82, 2.24) is 9.80 Å². The first-order chi connectivity index (χ1) is 7.21. The Balaban J connectivity index is 2.31. The van der Waals surface area contributed by atoms with Gasteiger partial charge in [0.25, 0.3) is 0 Å². The number of β-amino-alcohol motifs (C(OH)–C–C–N with tert-alkyl or cyclic N) is 1. The van der Waals surface area contributed by atoms with E-state index >= 15 is 0 Å². The molecule has 1 aliphatic heterocycles. The van der Waals surface area contributed by atoms with Crippen LogP contribution in [0.4, 0.5) is 0 Å². The van der Waals surface area contributed by atoms with Crippen LogP contribution in [0.3, 0.4) is 0 Å². The second-order valence-electron chi connectivity index (χ2n) is 4.26. The van der Waals surface area contributed by atoms with Gasteiger partial charge in [-0.1, -0.05) is 13.8 Å². The van der Waals surface area contributed by atoms with Gasteiger partial charge < -0.3 is 10.2 Å². The van der Waals surface area contributed by atoms with Crippen LogP contribution in [0.15, 0.2) is 0 Å². The number of nitrogens with zero attached hydrogens (tertiary/aromatic N) is 2. The minimum absolute atomic E-state index is 0.133. The fourth-order valence-corrected chi connectivity index (χ4v) is 2.37. The van der Waals surface area contributed by atoms with Crippen LogP contribution in [0.1, 0.15) is 20.3 Å². The van der Waals surface area contributed by atoms with E-state index < -0.39 is 6.10 Å². The topological polar surface area (TPSA) is 46.9 Å². The normalized spacial score (nSPS) is 25.0. The summed E-state index contributed by atoms with van der Waals surface area (Å²) in [4.78, 5) is 4.70. The molecule has 1 fully saturated rings. The molecule has 0 aliphatic carbocycles. The Hall–Kier alpha value is -0.160. The molecule has 0 aromatic heterocycles. The van der Waals surface area contributed by atoms with Gasteiger partial charge in [-0.05, 0) is 26.1 Å². The SMILES string of the molecule is CCN(CC)C1CCN(CC(O)CO)C1. The van der Waals surface area contributed by atoms with Gasteiger partial charge in [-0.2, -0.15) is 0 Å². The van der Waals surface area contributed by atoms with Crippen LogP contribution in [0.5, 0.6) is 0 Å². The number of hydrogen-bond donors (Lipinski definition) is 2. The molecule has 0 aromatic carbocycles. The lowest BCUT2D eigenvalue weighted by Crippen LogP contribution is -2.39. The zero-order chi connectivity index (χ0) is 11.3. The minimum atomic E-state index is -0.583. The Labute approximate surface area is 92.5 Å². The molecule has 0 spiro atoms. The maximum atomic E-state index is 9.35. The molecule has 4 heteroatoms. The van der Waals surface area contributed by atoms with Crippen LogP contribution in [-0.4, -0.2) is 71.5 Å². The molecule has 2 unspecified atom stereocenters. The average Bonchev–Trinajstić information content (AvgIpc) is 2.68. The van der Waals surface area contributed by atoms with Gasteiger partial charge in [-0.3, -0.25) is 9.80 Å². The van der Waals surface area contributed by atoms with E-state index in [9.17, 15) is 5.11 Å². The lowest BCUT2D eigenvalue weighted by atomic mass is 10.2. The summed E-state index contributed by atoms with van der Waals surface area (Å²) < 4.78 is 0. The van der Waals surface area contributed by atoms with Crippen LogP contribution < -0.4 is 0 Å². The molecule has 1 rings (SSSR count). The highest BCUT2D eigenvalue weighted by Gasteiger charge is 2.26. The van der Waals surface area contributed by atoms with Gasteiger partial charge in [0.1, 0.15) is 0 Å². The van der Waals surface area contributed by atoms with Gasteiger partial charge in [0.2, 0.25) is 0 Å². The van der Waals surface area contributed by atoms with Crippen LogP contribution >= 0.6 is 0 Å². The van der Waals surface area contributed by atoms with E-state index in [1.807, 2.05) is 0 Å². The van der Waals surface area contributed by atoms with E-state index in [-0.39, 0.29) is 6.61 Å². The quantitative estimate of drug-likeness (QED) is 0.643. The Morgan fingerprint density at radius 1 is 1.40 bits per heavy atom. The first-order valence-electron chi connectivity index (χ1n) is 5.96. The fourth-order valence-electron chi connectivity index (χ4n) is 2.37. The number of likely N-dealkylation sites (N-methyl/N-ethyl adjacent to an activating group) is 1. The lowest BCUT2D eigenvalue weighted by molar-refractivity contribution is 0.0636. The molecule has 4 nitrogen and oxygen atoms in total. The van der Waals surface area contributed by atoms with E-state index in [1.165, 1.54) is 6.42 Å². The Bertz CT molecular complexity index is 174. The van der Waals surface area contributed by atoms with Crippen molar-refractivity contribution >= 4 is 0 Å². The molecule has 15 heavy (non-hydrogen) atoms. The molecule has 1 aliphatic rings. The van der Waals surface area contributed by atoms with Crippen molar-refractivity contribution in [2.24, 2.45) is 0 Å². The third-order valence-electron chi connectivity index (χ3n) is 3.26. The third kappa shape index (κ3) is 3.72. The monoisotopic (exact) mass is 216 g/mol. The van der Waals surface area contributed by atoms with E-state index in [4.69, 9.17) is 5.11 Å². The van der Waals surface area contributed by atoms with E-state index in [0.717, 1.165) is 26.2 Å². The highest BCUT2D eigenvalue weighted by molar-refractivity contribution is 4.83. The average molecular weight is 216 g/mol. The van der Waals surface area contributed by atoms with Crippen molar-refractivity contribution < 1.29 is 10.2 Å². The number of aliphatic hydroxyl groups excluding tert-OH is 2. The summed E-state index contributed by atoms with van der Waals surface area (Å²) in [6, 6.07) is 0.630. The Kier molecular flexibility index (Phi) is 5.53. The van der Waals surface area contributed by atoms with Crippen LogP contribution in [0, 0.1) is 0 Å². The van der Waals surface area contributed by atoms with Crippen LogP contribution in [0.25, 0.3) is 0 Å². The van der Waals surface area contributed by atoms with Gasteiger partial charge >= 0.3 is 0 Å². The summed E-state index contributed by atoms with van der Waals surface area (Å²) in [5, 5.41) is 18.1. The molecular weight excluding hydrogens is 192 g/mol. The summed E-state index contributed by atoms with van der Waals surface area (Å²) >= 11 is 0. The summed E-state index contributed by atoms with van der Waals surface area (Å²) in [6.07, 6.45) is 0.597. The van der Waals surface area contributed by atoms with Crippen LogP contribution in [-0.2, 0) is 0 Å². The van der Waals surface area contributed by atoms with Crippen molar-refractivity contribution in [2.75, 3.05) is 39.3 Å². The summed E-state index contributed by atoms with van der Waals surface area (Å²) in [6.45, 7) is 9.11. The molecule has 2 atom stereocenters. The predicted molar refractivity (Wildman–Crippen MR) is 60.9 cm³/mol. The third-order valence-corrected chi connectivity index (χ3v) is 3.26. The highest BCUT2D eigenvalue weighted by atomic mass is 16.3. The van der Waals surface area contributed by atoms with Gasteiger partial charge in [-0.15, -0.1) is 0 Å².